The third-order valence-electron chi connectivity index (χ3n) is 2.44. The van der Waals surface area contributed by atoms with Crippen LogP contribution in [0.5, 0.6) is 5.75 Å². The summed E-state index contributed by atoms with van der Waals surface area (Å²) in [5.41, 5.74) is -0.791. The Balaban J connectivity index is 2.55. The van der Waals surface area contributed by atoms with Crippen molar-refractivity contribution in [1.82, 2.24) is 14.8 Å². The normalized spacial score (nSPS) is 15.8. The Hall–Kier alpha value is -1.88. The summed E-state index contributed by atoms with van der Waals surface area (Å²) in [7, 11) is 0. The van der Waals surface area contributed by atoms with Gasteiger partial charge in [0.15, 0.2) is 0 Å². The summed E-state index contributed by atoms with van der Waals surface area (Å²) in [6.07, 6.45) is 1.23. The van der Waals surface area contributed by atoms with Gasteiger partial charge < -0.3 is 4.74 Å². The van der Waals surface area contributed by atoms with E-state index in [1.165, 1.54) is 12.7 Å². The van der Waals surface area contributed by atoms with Gasteiger partial charge >= 0.3 is 0 Å². The number of Topliss-reactive ketones (excluding diaryl/α,β-unsaturated/α-hetero) is 1. The van der Waals surface area contributed by atoms with Gasteiger partial charge in [-0.15, -0.1) is 0 Å². The number of ketones is 1. The van der Waals surface area contributed by atoms with Crippen LogP contribution in [0.3, 0.4) is 0 Å². The zero-order valence-corrected chi connectivity index (χ0v) is 12.0. The van der Waals surface area contributed by atoms with Crippen molar-refractivity contribution in [2.75, 3.05) is 0 Å². The maximum absolute atomic E-state index is 12.7. The fourth-order valence-corrected chi connectivity index (χ4v) is 1.49. The fourth-order valence-electron chi connectivity index (χ4n) is 1.39. The molecule has 0 amide bonds. The first kappa shape index (κ1) is 9.94. The molecule has 5 nitrogen and oxygen atoms in total. The van der Waals surface area contributed by atoms with E-state index in [0.717, 1.165) is 4.68 Å². The molecule has 106 valence electrons. The highest BCUT2D eigenvalue weighted by Gasteiger charge is 2.33. The van der Waals surface area contributed by atoms with Crippen LogP contribution in [0.4, 0.5) is 0 Å². The SMILES string of the molecule is [2H]c1c([2H])c(OC(C(=O)C(C)(C)C)n2cncn2)c([2H])c([2H])c1Cl. The van der Waals surface area contributed by atoms with Crippen molar-refractivity contribution in [3.63, 3.8) is 0 Å². The minimum atomic E-state index is -1.28. The first-order valence-corrected chi connectivity index (χ1v) is 6.24. The van der Waals surface area contributed by atoms with E-state index in [1.807, 2.05) is 0 Å². The Kier molecular flexibility index (Phi) is 2.79. The number of rotatable bonds is 4. The lowest BCUT2D eigenvalue weighted by molar-refractivity contribution is -0.138. The van der Waals surface area contributed by atoms with Crippen LogP contribution in [0.2, 0.25) is 5.02 Å². The average Bonchev–Trinajstić information content (AvgIpc) is 3.04. The number of hydrogen-bond acceptors (Lipinski definition) is 4. The number of aromatic nitrogens is 3. The van der Waals surface area contributed by atoms with E-state index in [4.69, 9.17) is 21.8 Å². The number of nitrogens with zero attached hydrogens (tertiary/aromatic N) is 3. The predicted molar refractivity (Wildman–Crippen MR) is 75.6 cm³/mol. The van der Waals surface area contributed by atoms with Crippen LogP contribution in [0.15, 0.2) is 36.8 Å². The Morgan fingerprint density at radius 2 is 2.05 bits per heavy atom. The standard InChI is InChI=1S/C14H16ClN3O2/c1-14(2,3)12(19)13(18-9-16-8-17-18)20-11-6-4-10(15)5-7-11/h4-9,13H,1-3H3/i4D,5D,6D,7D. The first-order valence-electron chi connectivity index (χ1n) is 7.86. The van der Waals surface area contributed by atoms with Crippen molar-refractivity contribution < 1.29 is 15.0 Å². The summed E-state index contributed by atoms with van der Waals surface area (Å²) in [4.78, 5) is 16.4. The Morgan fingerprint density at radius 1 is 1.40 bits per heavy atom. The molecular weight excluding hydrogens is 278 g/mol. The molecule has 1 aromatic heterocycles. The molecule has 1 aromatic carbocycles. The van der Waals surface area contributed by atoms with E-state index in [1.54, 1.807) is 20.8 Å². The molecular formula is C14H16ClN3O2. The third kappa shape index (κ3) is 3.36. The minimum absolute atomic E-state index is 0.309. The molecule has 0 aliphatic heterocycles. The van der Waals surface area contributed by atoms with Crippen LogP contribution in [0.25, 0.3) is 0 Å². The molecule has 2 aromatic rings. The van der Waals surface area contributed by atoms with E-state index in [9.17, 15) is 4.79 Å². The van der Waals surface area contributed by atoms with Crippen molar-refractivity contribution in [1.29, 1.82) is 0 Å². The number of halogens is 1. The van der Waals surface area contributed by atoms with Gasteiger partial charge in [0.1, 0.15) is 18.4 Å². The lowest BCUT2D eigenvalue weighted by Gasteiger charge is -2.25. The van der Waals surface area contributed by atoms with E-state index < -0.39 is 35.8 Å². The Morgan fingerprint density at radius 3 is 2.55 bits per heavy atom. The summed E-state index contributed by atoms with van der Waals surface area (Å²) in [5.74, 6) is -0.729. The quantitative estimate of drug-likeness (QED) is 0.870. The van der Waals surface area contributed by atoms with E-state index >= 15 is 0 Å². The van der Waals surface area contributed by atoms with Gasteiger partial charge in [-0.05, 0) is 24.2 Å². The molecule has 1 unspecified atom stereocenters. The Bertz CT molecular complexity index is 746. The van der Waals surface area contributed by atoms with Crippen molar-refractivity contribution in [2.45, 2.75) is 27.0 Å². The molecule has 0 bridgehead atoms. The second-order valence-corrected chi connectivity index (χ2v) is 5.48. The van der Waals surface area contributed by atoms with Crippen molar-refractivity contribution >= 4 is 17.4 Å². The summed E-state index contributed by atoms with van der Waals surface area (Å²) in [5, 5.41) is 3.58. The molecule has 6 heteroatoms. The van der Waals surface area contributed by atoms with Gasteiger partial charge in [-0.3, -0.25) is 4.79 Å². The molecule has 2 rings (SSSR count). The van der Waals surface area contributed by atoms with Gasteiger partial charge in [0.2, 0.25) is 5.78 Å². The summed E-state index contributed by atoms with van der Waals surface area (Å²) < 4.78 is 38.1. The molecule has 0 N–H and O–H groups in total. The second kappa shape index (κ2) is 5.63. The molecule has 0 aliphatic rings. The number of carbonyl (C=O) groups excluding carboxylic acids is 1. The largest absolute Gasteiger partial charge is 0.461 e. The highest BCUT2D eigenvalue weighted by molar-refractivity contribution is 6.30. The van der Waals surface area contributed by atoms with Crippen LogP contribution in [0.1, 0.15) is 32.5 Å². The van der Waals surface area contributed by atoms with E-state index in [2.05, 4.69) is 10.1 Å². The van der Waals surface area contributed by atoms with Crippen LogP contribution < -0.4 is 4.74 Å². The van der Waals surface area contributed by atoms with Gasteiger partial charge in [-0.1, -0.05) is 32.4 Å². The number of hydrogen-bond donors (Lipinski definition) is 0. The van der Waals surface area contributed by atoms with Crippen LogP contribution in [0, 0.1) is 5.41 Å². The zero-order valence-electron chi connectivity index (χ0n) is 15.3. The monoisotopic (exact) mass is 297 g/mol. The minimum Gasteiger partial charge on any atom is -0.461 e. The number of carbonyl (C=O) groups is 1. The van der Waals surface area contributed by atoms with Gasteiger partial charge in [0, 0.05) is 10.4 Å². The van der Waals surface area contributed by atoms with Gasteiger partial charge in [0.05, 0.1) is 5.48 Å². The van der Waals surface area contributed by atoms with Crippen molar-refractivity contribution in [2.24, 2.45) is 5.41 Å². The van der Waals surface area contributed by atoms with E-state index in [0.29, 0.717) is 0 Å². The smallest absolute Gasteiger partial charge is 0.252 e. The summed E-state index contributed by atoms with van der Waals surface area (Å²) in [6, 6.07) is -1.80. The molecule has 0 fully saturated rings. The number of benzene rings is 1. The van der Waals surface area contributed by atoms with Gasteiger partial charge in [0.25, 0.3) is 6.23 Å². The summed E-state index contributed by atoms with van der Waals surface area (Å²) >= 11 is 5.77. The van der Waals surface area contributed by atoms with Crippen LogP contribution >= 0.6 is 11.6 Å². The van der Waals surface area contributed by atoms with Gasteiger partial charge in [-0.2, -0.15) is 5.10 Å². The topological polar surface area (TPSA) is 57.0 Å². The van der Waals surface area contributed by atoms with Crippen molar-refractivity contribution in [3.05, 3.63) is 41.8 Å². The zero-order chi connectivity index (χ0) is 18.2. The average molecular weight is 298 g/mol. The lowest BCUT2D eigenvalue weighted by Crippen LogP contribution is -2.34. The number of ether oxygens (including phenoxy) is 1. The Labute approximate surface area is 128 Å². The lowest BCUT2D eigenvalue weighted by atomic mass is 9.90. The molecule has 1 atom stereocenters. The second-order valence-electron chi connectivity index (χ2n) is 5.10. The summed E-state index contributed by atoms with van der Waals surface area (Å²) in [6.45, 7) is 5.08. The van der Waals surface area contributed by atoms with Crippen LogP contribution in [-0.2, 0) is 4.79 Å². The maximum Gasteiger partial charge on any atom is 0.252 e. The van der Waals surface area contributed by atoms with Crippen LogP contribution in [-0.4, -0.2) is 20.5 Å². The highest BCUT2D eigenvalue weighted by Crippen LogP contribution is 2.26. The highest BCUT2D eigenvalue weighted by atomic mass is 35.5. The molecule has 0 spiro atoms. The molecule has 0 saturated heterocycles. The fraction of sp³-hybridized carbons (Fsp3) is 0.357. The molecule has 20 heavy (non-hydrogen) atoms. The predicted octanol–water partition coefficient (Wildman–Crippen LogP) is 3.12. The van der Waals surface area contributed by atoms with E-state index in [-0.39, 0.29) is 16.6 Å². The maximum atomic E-state index is 12.7. The molecule has 1 heterocycles. The molecule has 0 saturated carbocycles. The molecule has 0 aliphatic carbocycles. The molecule has 0 radical (unpaired) electrons. The van der Waals surface area contributed by atoms with Crippen molar-refractivity contribution in [3.8, 4) is 5.75 Å². The first-order chi connectivity index (χ1) is 11.1. The van der Waals surface area contributed by atoms with Gasteiger partial charge in [-0.25, -0.2) is 9.67 Å². The third-order valence-corrected chi connectivity index (χ3v) is 2.63.